The Kier molecular flexibility index (Phi) is 6.49. The molecular formula is C18H18BrFN2O2. The molecule has 0 bridgehead atoms. The Morgan fingerprint density at radius 2 is 1.88 bits per heavy atom. The van der Waals surface area contributed by atoms with Gasteiger partial charge in [-0.25, -0.2) is 4.39 Å². The van der Waals surface area contributed by atoms with Crippen LogP contribution in [0.5, 0.6) is 0 Å². The standard InChI is InChI=1S/C18H18BrFN2O2/c1-13(23)22(17-7-5-16(20)6-8-17)10-9-21-18(24)12-14-3-2-4-15(19)11-14/h2-8,11H,9-10,12H2,1H3,(H,21,24). The van der Waals surface area contributed by atoms with Crippen LogP contribution >= 0.6 is 15.9 Å². The van der Waals surface area contributed by atoms with Crippen LogP contribution in [-0.4, -0.2) is 24.9 Å². The fourth-order valence-electron chi connectivity index (χ4n) is 2.29. The van der Waals surface area contributed by atoms with Crippen molar-refractivity contribution >= 4 is 33.4 Å². The number of nitrogens with one attached hydrogen (secondary N) is 1. The summed E-state index contributed by atoms with van der Waals surface area (Å²) in [6.07, 6.45) is 0.274. The van der Waals surface area contributed by atoms with Gasteiger partial charge in [0.05, 0.1) is 6.42 Å². The number of anilines is 1. The predicted molar refractivity (Wildman–Crippen MR) is 95.3 cm³/mol. The normalized spacial score (nSPS) is 10.3. The first kappa shape index (κ1) is 18.1. The van der Waals surface area contributed by atoms with Gasteiger partial charge in [-0.15, -0.1) is 0 Å². The molecule has 0 saturated carbocycles. The van der Waals surface area contributed by atoms with Crippen LogP contribution in [0, 0.1) is 5.82 Å². The fraction of sp³-hybridized carbons (Fsp3) is 0.222. The lowest BCUT2D eigenvalue weighted by molar-refractivity contribution is -0.121. The van der Waals surface area contributed by atoms with Gasteiger partial charge in [0.25, 0.3) is 0 Å². The molecular weight excluding hydrogens is 375 g/mol. The number of rotatable bonds is 6. The van der Waals surface area contributed by atoms with Crippen molar-refractivity contribution in [2.24, 2.45) is 0 Å². The SMILES string of the molecule is CC(=O)N(CCNC(=O)Cc1cccc(Br)c1)c1ccc(F)cc1. The first-order valence-corrected chi connectivity index (χ1v) is 8.30. The summed E-state index contributed by atoms with van der Waals surface area (Å²) in [6, 6.07) is 13.2. The highest BCUT2D eigenvalue weighted by molar-refractivity contribution is 9.10. The van der Waals surface area contributed by atoms with Crippen molar-refractivity contribution in [1.29, 1.82) is 0 Å². The van der Waals surface area contributed by atoms with Gasteiger partial charge >= 0.3 is 0 Å². The molecule has 2 rings (SSSR count). The van der Waals surface area contributed by atoms with E-state index in [-0.39, 0.29) is 24.1 Å². The van der Waals surface area contributed by atoms with Gasteiger partial charge in [0.2, 0.25) is 11.8 Å². The molecule has 0 spiro atoms. The third-order valence-electron chi connectivity index (χ3n) is 3.43. The lowest BCUT2D eigenvalue weighted by atomic mass is 10.1. The Hall–Kier alpha value is -2.21. The van der Waals surface area contributed by atoms with Crippen molar-refractivity contribution in [3.05, 3.63) is 64.4 Å². The van der Waals surface area contributed by atoms with Gasteiger partial charge < -0.3 is 10.2 Å². The molecule has 0 aliphatic rings. The van der Waals surface area contributed by atoms with Crippen molar-refractivity contribution in [2.75, 3.05) is 18.0 Å². The highest BCUT2D eigenvalue weighted by Gasteiger charge is 2.12. The van der Waals surface area contributed by atoms with E-state index in [1.165, 1.54) is 24.0 Å². The van der Waals surface area contributed by atoms with E-state index in [4.69, 9.17) is 0 Å². The molecule has 0 heterocycles. The number of benzene rings is 2. The smallest absolute Gasteiger partial charge is 0.224 e. The molecule has 2 aromatic carbocycles. The van der Waals surface area contributed by atoms with E-state index < -0.39 is 0 Å². The molecule has 0 aliphatic carbocycles. The summed E-state index contributed by atoms with van der Waals surface area (Å²) >= 11 is 3.37. The summed E-state index contributed by atoms with van der Waals surface area (Å²) in [5.41, 5.74) is 1.51. The average molecular weight is 393 g/mol. The molecule has 6 heteroatoms. The largest absolute Gasteiger partial charge is 0.354 e. The van der Waals surface area contributed by atoms with Crippen molar-refractivity contribution in [3.63, 3.8) is 0 Å². The summed E-state index contributed by atoms with van der Waals surface area (Å²) in [5, 5.41) is 2.79. The van der Waals surface area contributed by atoms with Gasteiger partial charge in [0.15, 0.2) is 0 Å². The lowest BCUT2D eigenvalue weighted by Crippen LogP contribution is -2.38. The van der Waals surface area contributed by atoms with Gasteiger partial charge in [0, 0.05) is 30.2 Å². The minimum absolute atomic E-state index is 0.115. The number of amides is 2. The second-order valence-corrected chi connectivity index (χ2v) is 6.22. The average Bonchev–Trinajstić information content (AvgIpc) is 2.52. The van der Waals surface area contributed by atoms with Gasteiger partial charge in [-0.3, -0.25) is 9.59 Å². The van der Waals surface area contributed by atoms with Crippen LogP contribution < -0.4 is 10.2 Å². The lowest BCUT2D eigenvalue weighted by Gasteiger charge is -2.21. The molecule has 126 valence electrons. The zero-order valence-electron chi connectivity index (χ0n) is 13.3. The maximum atomic E-state index is 13.0. The first-order valence-electron chi connectivity index (χ1n) is 7.50. The second-order valence-electron chi connectivity index (χ2n) is 5.30. The molecule has 0 radical (unpaired) electrons. The van der Waals surface area contributed by atoms with Crippen LogP contribution in [0.1, 0.15) is 12.5 Å². The molecule has 0 atom stereocenters. The number of hydrogen-bond donors (Lipinski definition) is 1. The van der Waals surface area contributed by atoms with Crippen LogP contribution in [0.15, 0.2) is 53.0 Å². The molecule has 2 amide bonds. The monoisotopic (exact) mass is 392 g/mol. The molecule has 0 fully saturated rings. The summed E-state index contributed by atoms with van der Waals surface area (Å²) < 4.78 is 13.9. The van der Waals surface area contributed by atoms with E-state index in [0.29, 0.717) is 18.8 Å². The molecule has 0 aliphatic heterocycles. The maximum absolute atomic E-state index is 13.0. The fourth-order valence-corrected chi connectivity index (χ4v) is 2.74. The summed E-state index contributed by atoms with van der Waals surface area (Å²) in [7, 11) is 0. The highest BCUT2D eigenvalue weighted by atomic mass is 79.9. The third-order valence-corrected chi connectivity index (χ3v) is 3.92. The minimum Gasteiger partial charge on any atom is -0.354 e. The van der Waals surface area contributed by atoms with Crippen molar-refractivity contribution in [3.8, 4) is 0 Å². The molecule has 0 unspecified atom stereocenters. The highest BCUT2D eigenvalue weighted by Crippen LogP contribution is 2.15. The van der Waals surface area contributed by atoms with Crippen LogP contribution in [0.3, 0.4) is 0 Å². The maximum Gasteiger partial charge on any atom is 0.224 e. The molecule has 0 aromatic heterocycles. The van der Waals surface area contributed by atoms with Crippen molar-refractivity contribution < 1.29 is 14.0 Å². The van der Waals surface area contributed by atoms with Crippen LogP contribution in [-0.2, 0) is 16.0 Å². The van der Waals surface area contributed by atoms with Gasteiger partial charge in [-0.1, -0.05) is 28.1 Å². The summed E-state index contributed by atoms with van der Waals surface area (Å²) in [4.78, 5) is 25.2. The van der Waals surface area contributed by atoms with E-state index in [2.05, 4.69) is 21.2 Å². The molecule has 2 aromatic rings. The third kappa shape index (κ3) is 5.45. The van der Waals surface area contributed by atoms with E-state index in [1.54, 1.807) is 12.1 Å². The number of hydrogen-bond acceptors (Lipinski definition) is 2. The van der Waals surface area contributed by atoms with E-state index in [9.17, 15) is 14.0 Å². The Bertz CT molecular complexity index is 719. The zero-order valence-corrected chi connectivity index (χ0v) is 14.8. The Labute approximate surface area is 148 Å². The van der Waals surface area contributed by atoms with Crippen molar-refractivity contribution in [2.45, 2.75) is 13.3 Å². The minimum atomic E-state index is -0.357. The first-order chi connectivity index (χ1) is 11.5. The molecule has 1 N–H and O–H groups in total. The second kappa shape index (κ2) is 8.59. The van der Waals surface area contributed by atoms with Gasteiger partial charge in [-0.05, 0) is 42.0 Å². The van der Waals surface area contributed by atoms with E-state index >= 15 is 0 Å². The molecule has 4 nitrogen and oxygen atoms in total. The van der Waals surface area contributed by atoms with Crippen LogP contribution in [0.4, 0.5) is 10.1 Å². The Morgan fingerprint density at radius 3 is 2.50 bits per heavy atom. The quantitative estimate of drug-likeness (QED) is 0.819. The molecule has 0 saturated heterocycles. The van der Waals surface area contributed by atoms with Gasteiger partial charge in [0.1, 0.15) is 5.82 Å². The number of halogens is 2. The Balaban J connectivity index is 1.87. The molecule has 24 heavy (non-hydrogen) atoms. The summed E-state index contributed by atoms with van der Waals surface area (Å²) in [6.45, 7) is 2.08. The van der Waals surface area contributed by atoms with E-state index in [0.717, 1.165) is 10.0 Å². The Morgan fingerprint density at radius 1 is 1.17 bits per heavy atom. The number of carbonyl (C=O) groups is 2. The van der Waals surface area contributed by atoms with Gasteiger partial charge in [-0.2, -0.15) is 0 Å². The number of carbonyl (C=O) groups excluding carboxylic acids is 2. The zero-order chi connectivity index (χ0) is 17.5. The topological polar surface area (TPSA) is 49.4 Å². The van der Waals surface area contributed by atoms with Crippen molar-refractivity contribution in [1.82, 2.24) is 5.32 Å². The van der Waals surface area contributed by atoms with Crippen LogP contribution in [0.25, 0.3) is 0 Å². The van der Waals surface area contributed by atoms with E-state index in [1.807, 2.05) is 24.3 Å². The summed E-state index contributed by atoms with van der Waals surface area (Å²) in [5.74, 6) is -0.636. The predicted octanol–water partition coefficient (Wildman–Crippen LogP) is 3.30. The van der Waals surface area contributed by atoms with Crippen LogP contribution in [0.2, 0.25) is 0 Å². The number of nitrogens with zero attached hydrogens (tertiary/aromatic N) is 1.